The van der Waals surface area contributed by atoms with Crippen molar-refractivity contribution in [2.24, 2.45) is 0 Å². The highest BCUT2D eigenvalue weighted by atomic mass is 16.5. The highest BCUT2D eigenvalue weighted by Crippen LogP contribution is 2.31. The van der Waals surface area contributed by atoms with Crippen molar-refractivity contribution in [2.45, 2.75) is 33.1 Å². The molecule has 3 heteroatoms. The third-order valence-electron chi connectivity index (χ3n) is 3.12. The molecule has 0 aliphatic heterocycles. The van der Waals surface area contributed by atoms with Crippen LogP contribution in [0.2, 0.25) is 0 Å². The van der Waals surface area contributed by atoms with Gasteiger partial charge in [-0.2, -0.15) is 0 Å². The molecule has 0 aliphatic rings. The summed E-state index contributed by atoms with van der Waals surface area (Å²) >= 11 is 0. The number of hydrogen-bond acceptors (Lipinski definition) is 3. The monoisotopic (exact) mass is 250 g/mol. The van der Waals surface area contributed by atoms with Crippen LogP contribution in [0.25, 0.3) is 0 Å². The SMILES string of the molecule is CNCCCNc1cc(C(C)C)c(OC)cc1C. The summed E-state index contributed by atoms with van der Waals surface area (Å²) in [7, 11) is 3.72. The molecule has 0 heterocycles. The number of rotatable bonds is 7. The molecule has 0 bridgehead atoms. The second kappa shape index (κ2) is 7.27. The summed E-state index contributed by atoms with van der Waals surface area (Å²) < 4.78 is 5.45. The van der Waals surface area contributed by atoms with Gasteiger partial charge in [0.05, 0.1) is 7.11 Å². The van der Waals surface area contributed by atoms with E-state index >= 15 is 0 Å². The van der Waals surface area contributed by atoms with Gasteiger partial charge in [0.1, 0.15) is 5.75 Å². The van der Waals surface area contributed by atoms with Crippen LogP contribution in [-0.4, -0.2) is 27.2 Å². The zero-order valence-corrected chi connectivity index (χ0v) is 12.3. The molecule has 0 saturated carbocycles. The van der Waals surface area contributed by atoms with Crippen LogP contribution in [0.3, 0.4) is 0 Å². The quantitative estimate of drug-likeness (QED) is 0.729. The number of benzene rings is 1. The Morgan fingerprint density at radius 2 is 1.94 bits per heavy atom. The summed E-state index contributed by atoms with van der Waals surface area (Å²) in [4.78, 5) is 0. The number of anilines is 1. The Morgan fingerprint density at radius 3 is 2.50 bits per heavy atom. The van der Waals surface area contributed by atoms with Gasteiger partial charge in [0.15, 0.2) is 0 Å². The van der Waals surface area contributed by atoms with E-state index in [0.717, 1.165) is 25.3 Å². The molecule has 0 fully saturated rings. The second-order valence-corrected chi connectivity index (χ2v) is 4.95. The van der Waals surface area contributed by atoms with Crippen molar-refractivity contribution in [2.75, 3.05) is 32.6 Å². The number of aryl methyl sites for hydroxylation is 1. The average molecular weight is 250 g/mol. The number of ether oxygens (including phenoxy) is 1. The van der Waals surface area contributed by atoms with Crippen molar-refractivity contribution in [1.29, 1.82) is 0 Å². The van der Waals surface area contributed by atoms with Gasteiger partial charge in [-0.25, -0.2) is 0 Å². The largest absolute Gasteiger partial charge is 0.496 e. The molecule has 0 unspecified atom stereocenters. The Labute approximate surface area is 111 Å². The van der Waals surface area contributed by atoms with Crippen LogP contribution in [-0.2, 0) is 0 Å². The zero-order chi connectivity index (χ0) is 13.5. The smallest absolute Gasteiger partial charge is 0.122 e. The maximum atomic E-state index is 5.45. The average Bonchev–Trinajstić information content (AvgIpc) is 2.35. The van der Waals surface area contributed by atoms with Crippen molar-refractivity contribution in [1.82, 2.24) is 5.32 Å². The molecular formula is C15H26N2O. The van der Waals surface area contributed by atoms with Crippen LogP contribution >= 0.6 is 0 Å². The zero-order valence-electron chi connectivity index (χ0n) is 12.3. The van der Waals surface area contributed by atoms with Crippen LogP contribution in [0, 0.1) is 6.92 Å². The van der Waals surface area contributed by atoms with Crippen molar-refractivity contribution >= 4 is 5.69 Å². The third kappa shape index (κ3) is 3.91. The maximum absolute atomic E-state index is 5.45. The van der Waals surface area contributed by atoms with Gasteiger partial charge in [-0.3, -0.25) is 0 Å². The van der Waals surface area contributed by atoms with E-state index in [9.17, 15) is 0 Å². The molecule has 18 heavy (non-hydrogen) atoms. The topological polar surface area (TPSA) is 33.3 Å². The fourth-order valence-corrected chi connectivity index (χ4v) is 2.00. The van der Waals surface area contributed by atoms with Gasteiger partial charge < -0.3 is 15.4 Å². The fourth-order valence-electron chi connectivity index (χ4n) is 2.00. The van der Waals surface area contributed by atoms with Crippen molar-refractivity contribution < 1.29 is 4.74 Å². The van der Waals surface area contributed by atoms with E-state index in [1.54, 1.807) is 7.11 Å². The van der Waals surface area contributed by atoms with Crippen LogP contribution < -0.4 is 15.4 Å². The summed E-state index contributed by atoms with van der Waals surface area (Å²) in [6.45, 7) is 8.54. The molecule has 0 atom stereocenters. The molecule has 102 valence electrons. The Balaban J connectivity index is 2.81. The summed E-state index contributed by atoms with van der Waals surface area (Å²) in [5.74, 6) is 1.46. The summed E-state index contributed by atoms with van der Waals surface area (Å²) in [5, 5.41) is 6.66. The van der Waals surface area contributed by atoms with Gasteiger partial charge in [-0.05, 0) is 56.1 Å². The molecule has 1 aromatic rings. The van der Waals surface area contributed by atoms with Gasteiger partial charge in [0.25, 0.3) is 0 Å². The lowest BCUT2D eigenvalue weighted by molar-refractivity contribution is 0.407. The van der Waals surface area contributed by atoms with Crippen molar-refractivity contribution in [3.8, 4) is 5.75 Å². The van der Waals surface area contributed by atoms with Crippen LogP contribution in [0.1, 0.15) is 37.3 Å². The third-order valence-corrected chi connectivity index (χ3v) is 3.12. The molecule has 1 aromatic carbocycles. The van der Waals surface area contributed by atoms with Crippen molar-refractivity contribution in [3.63, 3.8) is 0 Å². The molecule has 1 rings (SSSR count). The maximum Gasteiger partial charge on any atom is 0.122 e. The Hall–Kier alpha value is -1.22. The lowest BCUT2D eigenvalue weighted by atomic mass is 9.99. The van der Waals surface area contributed by atoms with E-state index in [4.69, 9.17) is 4.74 Å². The predicted molar refractivity (Wildman–Crippen MR) is 78.9 cm³/mol. The van der Waals surface area contributed by atoms with Gasteiger partial charge in [0, 0.05) is 12.2 Å². The van der Waals surface area contributed by atoms with E-state index in [2.05, 4.69) is 43.5 Å². The van der Waals surface area contributed by atoms with Gasteiger partial charge >= 0.3 is 0 Å². The van der Waals surface area contributed by atoms with Gasteiger partial charge in [-0.1, -0.05) is 13.8 Å². The second-order valence-electron chi connectivity index (χ2n) is 4.95. The van der Waals surface area contributed by atoms with Gasteiger partial charge in [0.2, 0.25) is 0 Å². The minimum atomic E-state index is 0.471. The molecule has 0 saturated heterocycles. The first-order valence-electron chi connectivity index (χ1n) is 6.67. The highest BCUT2D eigenvalue weighted by molar-refractivity contribution is 5.58. The highest BCUT2D eigenvalue weighted by Gasteiger charge is 2.10. The molecule has 0 radical (unpaired) electrons. The summed E-state index contributed by atoms with van der Waals surface area (Å²) in [6, 6.07) is 4.34. The van der Waals surface area contributed by atoms with Crippen LogP contribution in [0.5, 0.6) is 5.75 Å². The van der Waals surface area contributed by atoms with Gasteiger partial charge in [-0.15, -0.1) is 0 Å². The van der Waals surface area contributed by atoms with E-state index in [0.29, 0.717) is 5.92 Å². The number of nitrogens with one attached hydrogen (secondary N) is 2. The van der Waals surface area contributed by atoms with Crippen molar-refractivity contribution in [3.05, 3.63) is 23.3 Å². The van der Waals surface area contributed by atoms with Crippen LogP contribution in [0.4, 0.5) is 5.69 Å². The molecule has 0 aliphatic carbocycles. The standard InChI is InChI=1S/C15H26N2O/c1-11(2)13-10-14(17-8-6-7-16-4)12(3)9-15(13)18-5/h9-11,16-17H,6-8H2,1-5H3. The Kier molecular flexibility index (Phi) is 5.99. The lowest BCUT2D eigenvalue weighted by Crippen LogP contribution is -2.13. The summed E-state index contributed by atoms with van der Waals surface area (Å²) in [5.41, 5.74) is 3.72. The predicted octanol–water partition coefficient (Wildman–Crippen LogP) is 3.15. The molecule has 2 N–H and O–H groups in total. The van der Waals surface area contributed by atoms with E-state index < -0.39 is 0 Å². The molecule has 0 amide bonds. The molecule has 3 nitrogen and oxygen atoms in total. The van der Waals surface area contributed by atoms with Crippen LogP contribution in [0.15, 0.2) is 12.1 Å². The molecule has 0 spiro atoms. The van der Waals surface area contributed by atoms with E-state index in [1.807, 2.05) is 7.05 Å². The summed E-state index contributed by atoms with van der Waals surface area (Å²) in [6.07, 6.45) is 1.12. The first kappa shape index (κ1) is 14.8. The van der Waals surface area contributed by atoms with E-state index in [1.165, 1.54) is 16.8 Å². The minimum absolute atomic E-state index is 0.471. The van der Waals surface area contributed by atoms with E-state index in [-0.39, 0.29) is 0 Å². The minimum Gasteiger partial charge on any atom is -0.496 e. The molecule has 0 aromatic heterocycles. The molecular weight excluding hydrogens is 224 g/mol. The number of hydrogen-bond donors (Lipinski definition) is 2. The normalized spacial score (nSPS) is 10.8. The fraction of sp³-hybridized carbons (Fsp3) is 0.600. The first-order chi connectivity index (χ1) is 8.60. The first-order valence-corrected chi connectivity index (χ1v) is 6.67. The number of methoxy groups -OCH3 is 1. The lowest BCUT2D eigenvalue weighted by Gasteiger charge is -2.17. The Bertz CT molecular complexity index is 375. The Morgan fingerprint density at radius 1 is 1.22 bits per heavy atom.